The smallest absolute Gasteiger partial charge is 0.329 e. The van der Waals surface area contributed by atoms with Crippen LogP contribution in [0.1, 0.15) is 29.8 Å². The summed E-state index contributed by atoms with van der Waals surface area (Å²) in [4.78, 5) is 35.0. The second kappa shape index (κ2) is 9.40. The highest BCUT2D eigenvalue weighted by molar-refractivity contribution is 7.50. The maximum Gasteiger partial charge on any atom is 0.329 e. The predicted octanol–water partition coefficient (Wildman–Crippen LogP) is 4.65. The summed E-state index contributed by atoms with van der Waals surface area (Å²) < 4.78 is 22.8. The van der Waals surface area contributed by atoms with Crippen molar-refractivity contribution in [2.24, 2.45) is 0 Å². The number of hydrogen-bond acceptors (Lipinski definition) is 6. The van der Waals surface area contributed by atoms with Crippen LogP contribution in [-0.4, -0.2) is 26.8 Å². The number of aromatic nitrogens is 1. The number of anilines is 1. The van der Waals surface area contributed by atoms with Crippen LogP contribution in [0.25, 0.3) is 0 Å². The van der Waals surface area contributed by atoms with Gasteiger partial charge in [0.25, 0.3) is 5.91 Å². The topological polar surface area (TPSA) is 118 Å². The first-order valence-electron chi connectivity index (χ1n) is 9.02. The predicted molar refractivity (Wildman–Crippen MR) is 115 cm³/mol. The zero-order valence-electron chi connectivity index (χ0n) is 16.3. The monoisotopic (exact) mass is 448 g/mol. The molecule has 0 radical (unpaired) electrons. The molecule has 10 heteroatoms. The number of rotatable bonds is 8. The molecule has 1 heterocycles. The number of carbonyl (C=O) groups is 1. The zero-order valence-corrected chi connectivity index (χ0v) is 18.0. The summed E-state index contributed by atoms with van der Waals surface area (Å²) in [5.41, 5.74) is 0.766. The third-order valence-electron chi connectivity index (χ3n) is 3.69. The maximum absolute atomic E-state index is 12.6. The molecule has 0 aliphatic heterocycles. The number of nitrogens with one attached hydrogen (secondary N) is 1. The highest BCUT2D eigenvalue weighted by atomic mass is 32.1. The van der Waals surface area contributed by atoms with Crippen LogP contribution in [0, 0.1) is 0 Å². The SMILES string of the molecule is CC(C)Oc1cc(Oc2cccc(CP(=O)(O)O)c2)cc(C(=O)Nc2nccs2)c1. The van der Waals surface area contributed by atoms with E-state index in [1.165, 1.54) is 11.3 Å². The molecule has 158 valence electrons. The Bertz CT molecular complexity index is 1060. The van der Waals surface area contributed by atoms with Crippen molar-refractivity contribution in [3.63, 3.8) is 0 Å². The molecule has 0 saturated heterocycles. The number of amides is 1. The Kier molecular flexibility index (Phi) is 6.89. The van der Waals surface area contributed by atoms with Crippen LogP contribution in [0.2, 0.25) is 0 Å². The molecule has 30 heavy (non-hydrogen) atoms. The number of hydrogen-bond donors (Lipinski definition) is 3. The van der Waals surface area contributed by atoms with Crippen LogP contribution in [0.4, 0.5) is 5.13 Å². The molecule has 0 aliphatic carbocycles. The van der Waals surface area contributed by atoms with E-state index in [9.17, 15) is 19.1 Å². The van der Waals surface area contributed by atoms with Gasteiger partial charge in [-0.3, -0.25) is 14.7 Å². The lowest BCUT2D eigenvalue weighted by molar-refractivity contribution is 0.102. The van der Waals surface area contributed by atoms with Gasteiger partial charge in [0.05, 0.1) is 12.3 Å². The van der Waals surface area contributed by atoms with Crippen molar-refractivity contribution in [2.45, 2.75) is 26.1 Å². The second-order valence-electron chi connectivity index (χ2n) is 6.72. The number of benzene rings is 2. The summed E-state index contributed by atoms with van der Waals surface area (Å²) >= 11 is 1.30. The molecule has 8 nitrogen and oxygen atoms in total. The lowest BCUT2D eigenvalue weighted by atomic mass is 10.2. The van der Waals surface area contributed by atoms with E-state index in [-0.39, 0.29) is 18.2 Å². The molecule has 1 aromatic heterocycles. The van der Waals surface area contributed by atoms with Crippen molar-refractivity contribution >= 4 is 30.0 Å². The van der Waals surface area contributed by atoms with Crippen molar-refractivity contribution in [2.75, 3.05) is 5.32 Å². The minimum atomic E-state index is -4.20. The highest BCUT2D eigenvalue weighted by Gasteiger charge is 2.16. The zero-order chi connectivity index (χ0) is 21.7. The van der Waals surface area contributed by atoms with Gasteiger partial charge in [-0.25, -0.2) is 4.98 Å². The molecule has 0 saturated carbocycles. The summed E-state index contributed by atoms with van der Waals surface area (Å²) in [7, 11) is -4.20. The van der Waals surface area contributed by atoms with Gasteiger partial charge < -0.3 is 19.3 Å². The van der Waals surface area contributed by atoms with Gasteiger partial charge in [-0.1, -0.05) is 12.1 Å². The fraction of sp³-hybridized carbons (Fsp3) is 0.200. The van der Waals surface area contributed by atoms with Crippen molar-refractivity contribution in [1.82, 2.24) is 4.98 Å². The van der Waals surface area contributed by atoms with E-state index in [0.717, 1.165) is 0 Å². The van der Waals surface area contributed by atoms with E-state index in [2.05, 4.69) is 10.3 Å². The molecule has 0 atom stereocenters. The number of ether oxygens (including phenoxy) is 2. The Balaban J connectivity index is 1.87. The van der Waals surface area contributed by atoms with Crippen LogP contribution in [-0.2, 0) is 10.7 Å². The third-order valence-corrected chi connectivity index (χ3v) is 5.16. The maximum atomic E-state index is 12.6. The summed E-state index contributed by atoms with van der Waals surface area (Å²) in [5, 5.41) is 4.95. The van der Waals surface area contributed by atoms with Gasteiger partial charge in [-0.2, -0.15) is 0 Å². The molecule has 1 amide bonds. The fourth-order valence-electron chi connectivity index (χ4n) is 2.64. The Labute approximate surface area is 177 Å². The first-order valence-corrected chi connectivity index (χ1v) is 11.7. The Morgan fingerprint density at radius 2 is 1.93 bits per heavy atom. The molecule has 2 aromatic carbocycles. The first kappa shape index (κ1) is 22.0. The van der Waals surface area contributed by atoms with Crippen molar-refractivity contribution < 1.29 is 28.6 Å². The van der Waals surface area contributed by atoms with E-state index in [0.29, 0.717) is 33.5 Å². The molecule has 3 N–H and O–H groups in total. The molecular formula is C20H21N2O6PS. The summed E-state index contributed by atoms with van der Waals surface area (Å²) in [6.45, 7) is 3.74. The van der Waals surface area contributed by atoms with Gasteiger partial charge >= 0.3 is 7.60 Å². The van der Waals surface area contributed by atoms with Crippen LogP contribution in [0.15, 0.2) is 54.0 Å². The van der Waals surface area contributed by atoms with Crippen molar-refractivity contribution in [3.8, 4) is 17.2 Å². The molecular weight excluding hydrogens is 427 g/mol. The lowest BCUT2D eigenvalue weighted by Crippen LogP contribution is -2.13. The molecule has 0 fully saturated rings. The first-order chi connectivity index (χ1) is 14.2. The summed E-state index contributed by atoms with van der Waals surface area (Å²) in [6.07, 6.45) is 1.10. The number of carbonyl (C=O) groups excluding carboxylic acids is 1. The van der Waals surface area contributed by atoms with Gasteiger partial charge in [-0.05, 0) is 43.7 Å². The number of thiazole rings is 1. The molecule has 3 aromatic rings. The summed E-state index contributed by atoms with van der Waals surface area (Å²) in [6, 6.07) is 11.3. The van der Waals surface area contributed by atoms with E-state index in [1.807, 2.05) is 13.8 Å². The fourth-order valence-corrected chi connectivity index (χ4v) is 3.83. The van der Waals surface area contributed by atoms with Gasteiger partial charge in [0.2, 0.25) is 0 Å². The standard InChI is InChI=1S/C20H21N2O6PS/c1-13(2)27-17-9-15(19(23)22-20-21-6-7-30-20)10-18(11-17)28-16-5-3-4-14(8-16)12-29(24,25)26/h3-11,13H,12H2,1-2H3,(H,21,22,23)(H2,24,25,26). The Hall–Kier alpha value is -2.71. The minimum absolute atomic E-state index is 0.110. The Morgan fingerprint density at radius 1 is 1.17 bits per heavy atom. The highest BCUT2D eigenvalue weighted by Crippen LogP contribution is 2.40. The summed E-state index contributed by atoms with van der Waals surface area (Å²) in [5.74, 6) is 0.831. The molecule has 0 bridgehead atoms. The van der Waals surface area contributed by atoms with Crippen LogP contribution in [0.5, 0.6) is 17.2 Å². The van der Waals surface area contributed by atoms with Gasteiger partial charge in [-0.15, -0.1) is 11.3 Å². The molecule has 0 unspecified atom stereocenters. The quantitative estimate of drug-likeness (QED) is 0.429. The minimum Gasteiger partial charge on any atom is -0.491 e. The van der Waals surface area contributed by atoms with Crippen LogP contribution >= 0.6 is 18.9 Å². The van der Waals surface area contributed by atoms with E-state index in [1.54, 1.807) is 54.0 Å². The third kappa shape index (κ3) is 6.67. The van der Waals surface area contributed by atoms with Crippen LogP contribution in [0.3, 0.4) is 0 Å². The lowest BCUT2D eigenvalue weighted by Gasteiger charge is -2.14. The van der Waals surface area contributed by atoms with Crippen LogP contribution < -0.4 is 14.8 Å². The Morgan fingerprint density at radius 3 is 2.60 bits per heavy atom. The number of nitrogens with zero attached hydrogens (tertiary/aromatic N) is 1. The van der Waals surface area contributed by atoms with Gasteiger partial charge in [0, 0.05) is 23.2 Å². The van der Waals surface area contributed by atoms with Crippen molar-refractivity contribution in [1.29, 1.82) is 0 Å². The van der Waals surface area contributed by atoms with E-state index >= 15 is 0 Å². The van der Waals surface area contributed by atoms with Gasteiger partial charge in [0.1, 0.15) is 17.2 Å². The molecule has 0 aliphatic rings. The van der Waals surface area contributed by atoms with E-state index < -0.39 is 7.60 Å². The average molecular weight is 448 g/mol. The van der Waals surface area contributed by atoms with Crippen molar-refractivity contribution in [3.05, 3.63) is 65.2 Å². The van der Waals surface area contributed by atoms with Gasteiger partial charge in [0.15, 0.2) is 5.13 Å². The normalized spacial score (nSPS) is 11.4. The van der Waals surface area contributed by atoms with E-state index in [4.69, 9.17) is 9.47 Å². The molecule has 3 rings (SSSR count). The second-order valence-corrected chi connectivity index (χ2v) is 9.26. The average Bonchev–Trinajstić information content (AvgIpc) is 3.12. The molecule has 0 spiro atoms. The largest absolute Gasteiger partial charge is 0.491 e.